The first-order valence-electron chi connectivity index (χ1n) is 10.8. The van der Waals surface area contributed by atoms with Crippen LogP contribution in [-0.4, -0.2) is 66.7 Å². The monoisotopic (exact) mass is 433 g/mol. The van der Waals surface area contributed by atoms with Gasteiger partial charge in [0, 0.05) is 31.8 Å². The van der Waals surface area contributed by atoms with Gasteiger partial charge in [0.25, 0.3) is 5.88 Å². The zero-order chi connectivity index (χ0) is 22.1. The highest BCUT2D eigenvalue weighted by Gasteiger charge is 2.22. The van der Waals surface area contributed by atoms with Crippen LogP contribution in [0.15, 0.2) is 36.4 Å². The van der Waals surface area contributed by atoms with Gasteiger partial charge in [-0.15, -0.1) is 15.3 Å². The van der Waals surface area contributed by atoms with E-state index in [0.717, 1.165) is 48.8 Å². The second kappa shape index (κ2) is 8.54. The number of hydrogen-bond acceptors (Lipinski definition) is 8. The Kier molecular flexibility index (Phi) is 5.44. The maximum absolute atomic E-state index is 6.24. The van der Waals surface area contributed by atoms with Crippen molar-refractivity contribution < 1.29 is 4.74 Å². The first-order chi connectivity index (χ1) is 15.6. The lowest BCUT2D eigenvalue weighted by Gasteiger charge is -2.20. The minimum absolute atomic E-state index is 0.277. The molecule has 5 rings (SSSR count). The molecule has 0 saturated carbocycles. The third-order valence-electron chi connectivity index (χ3n) is 5.51. The molecule has 1 aliphatic rings. The average molecular weight is 434 g/mol. The fourth-order valence-electron chi connectivity index (χ4n) is 3.94. The van der Waals surface area contributed by atoms with Crippen molar-refractivity contribution in [1.29, 1.82) is 0 Å². The van der Waals surface area contributed by atoms with Crippen LogP contribution in [0.5, 0.6) is 5.88 Å². The molecule has 0 amide bonds. The molecule has 0 aliphatic carbocycles. The van der Waals surface area contributed by atoms with E-state index in [2.05, 4.69) is 25.2 Å². The molecule has 0 spiro atoms. The highest BCUT2D eigenvalue weighted by Crippen LogP contribution is 2.31. The largest absolute Gasteiger partial charge is 0.467 e. The molecule has 0 radical (unpaired) electrons. The van der Waals surface area contributed by atoms with Gasteiger partial charge in [-0.25, -0.2) is 9.67 Å². The molecule has 10 heteroatoms. The summed E-state index contributed by atoms with van der Waals surface area (Å²) < 4.78 is 9.75. The van der Waals surface area contributed by atoms with Crippen molar-refractivity contribution in [2.45, 2.75) is 26.0 Å². The average Bonchev–Trinajstić information content (AvgIpc) is 3.52. The smallest absolute Gasteiger partial charge is 0.256 e. The van der Waals surface area contributed by atoms with E-state index in [4.69, 9.17) is 9.84 Å². The number of anilines is 1. The second-order valence-electron chi connectivity index (χ2n) is 8.28. The summed E-state index contributed by atoms with van der Waals surface area (Å²) in [6.45, 7) is 2.91. The van der Waals surface area contributed by atoms with Crippen molar-refractivity contribution in [2.75, 3.05) is 32.1 Å². The molecule has 0 N–H and O–H groups in total. The molecule has 166 valence electrons. The van der Waals surface area contributed by atoms with E-state index < -0.39 is 0 Å². The Hall–Kier alpha value is -3.53. The maximum atomic E-state index is 6.24. The first kappa shape index (κ1) is 20.4. The van der Waals surface area contributed by atoms with Crippen molar-refractivity contribution in [3.8, 4) is 17.3 Å². The van der Waals surface area contributed by atoms with Crippen LogP contribution < -0.4 is 9.64 Å². The molecule has 0 bridgehead atoms. The van der Waals surface area contributed by atoms with Crippen molar-refractivity contribution in [3.63, 3.8) is 0 Å². The molecule has 0 unspecified atom stereocenters. The molecule has 0 atom stereocenters. The van der Waals surface area contributed by atoms with Crippen LogP contribution in [-0.2, 0) is 20.2 Å². The lowest BCUT2D eigenvalue weighted by Crippen LogP contribution is -2.20. The number of fused-ring (bicyclic) bond motifs is 1. The van der Waals surface area contributed by atoms with E-state index in [9.17, 15) is 0 Å². The lowest BCUT2D eigenvalue weighted by molar-refractivity contribution is 0.275. The van der Waals surface area contributed by atoms with Gasteiger partial charge < -0.3 is 14.5 Å². The molecule has 1 aliphatic heterocycles. The van der Waals surface area contributed by atoms with Gasteiger partial charge in [0.15, 0.2) is 23.1 Å². The molecule has 32 heavy (non-hydrogen) atoms. The van der Waals surface area contributed by atoms with E-state index >= 15 is 0 Å². The minimum atomic E-state index is 0.277. The minimum Gasteiger partial charge on any atom is -0.467 e. The Morgan fingerprint density at radius 1 is 1.03 bits per heavy atom. The van der Waals surface area contributed by atoms with Gasteiger partial charge in [-0.3, -0.25) is 0 Å². The van der Waals surface area contributed by atoms with E-state index in [1.807, 2.05) is 62.4 Å². The summed E-state index contributed by atoms with van der Waals surface area (Å²) in [5.41, 5.74) is 2.59. The van der Waals surface area contributed by atoms with E-state index in [0.29, 0.717) is 23.9 Å². The molecule has 1 aromatic carbocycles. The fraction of sp³-hybridized carbons (Fsp3) is 0.409. The number of ether oxygens (including phenoxy) is 1. The summed E-state index contributed by atoms with van der Waals surface area (Å²) in [5, 5.41) is 18.1. The lowest BCUT2D eigenvalue weighted by atomic mass is 10.2. The molecule has 4 heterocycles. The number of hydrogen-bond donors (Lipinski definition) is 0. The number of aryl methyl sites for hydroxylation is 1. The van der Waals surface area contributed by atoms with Gasteiger partial charge in [-0.05, 0) is 26.9 Å². The first-order valence-corrected chi connectivity index (χ1v) is 10.8. The van der Waals surface area contributed by atoms with E-state index in [1.165, 1.54) is 0 Å². The van der Waals surface area contributed by atoms with Crippen LogP contribution in [0.3, 0.4) is 0 Å². The van der Waals surface area contributed by atoms with Gasteiger partial charge in [0.05, 0.1) is 6.54 Å². The van der Waals surface area contributed by atoms with Gasteiger partial charge in [0.1, 0.15) is 12.3 Å². The summed E-state index contributed by atoms with van der Waals surface area (Å²) in [6.07, 6.45) is 2.31. The Bertz CT molecular complexity index is 1210. The molecule has 1 saturated heterocycles. The summed E-state index contributed by atoms with van der Waals surface area (Å²) in [4.78, 5) is 8.96. The standard InChI is InChI=1S/C22H27N9O/c1-28(2)14-18-23-20(29(3)26-18)15-32-22-17(30-11-7-8-12-30)13-19-24-25-21(31(19)27-22)16-9-5-4-6-10-16/h4-6,9-10,13H,7-8,11-12,14-15H2,1-3H3. The van der Waals surface area contributed by atoms with Crippen LogP contribution >= 0.6 is 0 Å². The maximum Gasteiger partial charge on any atom is 0.256 e. The van der Waals surface area contributed by atoms with Crippen LogP contribution in [0.4, 0.5) is 5.69 Å². The normalized spacial score (nSPS) is 14.1. The number of aromatic nitrogens is 7. The van der Waals surface area contributed by atoms with Crippen molar-refractivity contribution in [1.82, 2.24) is 39.5 Å². The van der Waals surface area contributed by atoms with Gasteiger partial charge in [-0.2, -0.15) is 9.61 Å². The Balaban J connectivity index is 1.50. The third-order valence-corrected chi connectivity index (χ3v) is 5.51. The van der Waals surface area contributed by atoms with E-state index in [1.54, 1.807) is 9.20 Å². The van der Waals surface area contributed by atoms with Crippen molar-refractivity contribution in [3.05, 3.63) is 48.0 Å². The highest BCUT2D eigenvalue weighted by atomic mass is 16.5. The van der Waals surface area contributed by atoms with Gasteiger partial charge in [-0.1, -0.05) is 30.3 Å². The Morgan fingerprint density at radius 3 is 2.56 bits per heavy atom. The van der Waals surface area contributed by atoms with Crippen LogP contribution in [0.25, 0.3) is 17.0 Å². The highest BCUT2D eigenvalue weighted by molar-refractivity contribution is 5.65. The van der Waals surface area contributed by atoms with Crippen LogP contribution in [0, 0.1) is 0 Å². The van der Waals surface area contributed by atoms with Crippen LogP contribution in [0.1, 0.15) is 24.5 Å². The Morgan fingerprint density at radius 2 is 1.81 bits per heavy atom. The predicted octanol–water partition coefficient (Wildman–Crippen LogP) is 2.16. The molecule has 10 nitrogen and oxygen atoms in total. The molecular formula is C22H27N9O. The summed E-state index contributed by atoms with van der Waals surface area (Å²) in [5.74, 6) is 2.76. The van der Waals surface area contributed by atoms with Crippen molar-refractivity contribution >= 4 is 11.3 Å². The number of nitrogens with zero attached hydrogens (tertiary/aromatic N) is 9. The van der Waals surface area contributed by atoms with Crippen molar-refractivity contribution in [2.24, 2.45) is 7.05 Å². The predicted molar refractivity (Wildman–Crippen MR) is 120 cm³/mol. The van der Waals surface area contributed by atoms with Gasteiger partial charge in [0.2, 0.25) is 0 Å². The molecule has 3 aromatic heterocycles. The SMILES string of the molecule is CN(C)Cc1nc(COc2nn3c(-c4ccccc4)nnc3cc2N2CCCC2)n(C)n1. The van der Waals surface area contributed by atoms with Gasteiger partial charge >= 0.3 is 0 Å². The molecule has 1 fully saturated rings. The summed E-state index contributed by atoms with van der Waals surface area (Å²) in [7, 11) is 5.88. The van der Waals surface area contributed by atoms with Crippen LogP contribution in [0.2, 0.25) is 0 Å². The second-order valence-corrected chi connectivity index (χ2v) is 8.28. The Labute approximate surface area is 186 Å². The summed E-state index contributed by atoms with van der Waals surface area (Å²) in [6, 6.07) is 11.9. The number of benzene rings is 1. The van der Waals surface area contributed by atoms with E-state index in [-0.39, 0.29) is 6.61 Å². The molecule has 4 aromatic rings. The quantitative estimate of drug-likeness (QED) is 0.438. The topological polar surface area (TPSA) is 89.5 Å². The number of rotatable bonds is 7. The zero-order valence-electron chi connectivity index (χ0n) is 18.6. The zero-order valence-corrected chi connectivity index (χ0v) is 18.6. The third kappa shape index (κ3) is 4.01. The molecular weight excluding hydrogens is 406 g/mol. The summed E-state index contributed by atoms with van der Waals surface area (Å²) >= 11 is 0. The fourth-order valence-corrected chi connectivity index (χ4v) is 3.94.